The van der Waals surface area contributed by atoms with Gasteiger partial charge in [0, 0.05) is 16.3 Å². The van der Waals surface area contributed by atoms with Gasteiger partial charge in [0.25, 0.3) is 5.89 Å². The summed E-state index contributed by atoms with van der Waals surface area (Å²) in [6.45, 7) is 0. The van der Waals surface area contributed by atoms with Crippen molar-refractivity contribution in [2.45, 2.75) is 0 Å². The normalized spacial score (nSPS) is 10.7. The van der Waals surface area contributed by atoms with E-state index >= 15 is 0 Å². The molecule has 20 heavy (non-hydrogen) atoms. The van der Waals surface area contributed by atoms with Gasteiger partial charge in [-0.05, 0) is 30.3 Å². The Morgan fingerprint density at radius 3 is 2.75 bits per heavy atom. The van der Waals surface area contributed by atoms with Crippen molar-refractivity contribution in [3.63, 3.8) is 0 Å². The number of rotatable bonds is 2. The SMILES string of the molecule is Nc1ccc(-c2nc(-c3cccc(Cl)c3)no2)c(F)c1. The molecule has 3 aromatic rings. The zero-order chi connectivity index (χ0) is 14.1. The lowest BCUT2D eigenvalue weighted by molar-refractivity contribution is 0.429. The Hall–Kier alpha value is -2.40. The molecule has 1 heterocycles. The minimum atomic E-state index is -0.508. The molecule has 4 nitrogen and oxygen atoms in total. The first-order chi connectivity index (χ1) is 9.63. The Kier molecular flexibility index (Phi) is 3.12. The van der Waals surface area contributed by atoms with Crippen molar-refractivity contribution in [3.8, 4) is 22.8 Å². The lowest BCUT2D eigenvalue weighted by Gasteiger charge is -1.98. The van der Waals surface area contributed by atoms with Crippen molar-refractivity contribution in [1.29, 1.82) is 0 Å². The van der Waals surface area contributed by atoms with Gasteiger partial charge in [-0.2, -0.15) is 4.98 Å². The molecule has 2 N–H and O–H groups in total. The number of halogens is 2. The number of aromatic nitrogens is 2. The van der Waals surface area contributed by atoms with Gasteiger partial charge in [0.05, 0.1) is 5.56 Å². The van der Waals surface area contributed by atoms with Crippen molar-refractivity contribution in [1.82, 2.24) is 10.1 Å². The van der Waals surface area contributed by atoms with Crippen LogP contribution in [0.3, 0.4) is 0 Å². The summed E-state index contributed by atoms with van der Waals surface area (Å²) < 4.78 is 18.9. The molecule has 0 saturated carbocycles. The monoisotopic (exact) mass is 289 g/mol. The lowest BCUT2D eigenvalue weighted by atomic mass is 10.2. The molecule has 0 atom stereocenters. The summed E-state index contributed by atoms with van der Waals surface area (Å²) in [6.07, 6.45) is 0. The predicted octanol–water partition coefficient (Wildman–Crippen LogP) is 3.78. The number of hydrogen-bond donors (Lipinski definition) is 1. The number of hydrogen-bond acceptors (Lipinski definition) is 4. The summed E-state index contributed by atoms with van der Waals surface area (Å²) in [7, 11) is 0. The van der Waals surface area contributed by atoms with Gasteiger partial charge in [-0.3, -0.25) is 0 Å². The van der Waals surface area contributed by atoms with Gasteiger partial charge in [0.2, 0.25) is 5.82 Å². The third kappa shape index (κ3) is 2.35. The Labute approximate surface area is 119 Å². The Bertz CT molecular complexity index is 773. The first-order valence-corrected chi connectivity index (χ1v) is 6.16. The van der Waals surface area contributed by atoms with E-state index in [1.54, 1.807) is 30.3 Å². The van der Waals surface area contributed by atoms with E-state index < -0.39 is 5.82 Å². The molecule has 100 valence electrons. The summed E-state index contributed by atoms with van der Waals surface area (Å²) >= 11 is 5.90. The van der Waals surface area contributed by atoms with Crippen molar-refractivity contribution in [2.24, 2.45) is 0 Å². The zero-order valence-corrected chi connectivity index (χ0v) is 10.9. The average Bonchev–Trinajstić information content (AvgIpc) is 2.88. The van der Waals surface area contributed by atoms with Gasteiger partial charge < -0.3 is 10.3 Å². The van der Waals surface area contributed by atoms with Crippen LogP contribution in [0.15, 0.2) is 47.0 Å². The molecular formula is C14H9ClFN3O. The highest BCUT2D eigenvalue weighted by molar-refractivity contribution is 6.30. The molecule has 0 amide bonds. The largest absolute Gasteiger partial charge is 0.399 e. The summed E-state index contributed by atoms with van der Waals surface area (Å²) in [6, 6.07) is 11.3. The van der Waals surface area contributed by atoms with E-state index in [4.69, 9.17) is 21.9 Å². The maximum Gasteiger partial charge on any atom is 0.261 e. The number of benzene rings is 2. The van der Waals surface area contributed by atoms with Crippen LogP contribution in [0.1, 0.15) is 0 Å². The first kappa shape index (κ1) is 12.6. The average molecular weight is 290 g/mol. The van der Waals surface area contributed by atoms with Crippen LogP contribution >= 0.6 is 11.6 Å². The summed E-state index contributed by atoms with van der Waals surface area (Å²) in [5.41, 5.74) is 6.74. The fourth-order valence-corrected chi connectivity index (χ4v) is 1.97. The van der Waals surface area contributed by atoms with E-state index in [2.05, 4.69) is 10.1 Å². The number of anilines is 1. The Balaban J connectivity index is 2.02. The van der Waals surface area contributed by atoms with E-state index in [-0.39, 0.29) is 11.5 Å². The highest BCUT2D eigenvalue weighted by Gasteiger charge is 2.14. The molecular weight excluding hydrogens is 281 g/mol. The summed E-state index contributed by atoms with van der Waals surface area (Å²) in [5.74, 6) is -0.0671. The van der Waals surface area contributed by atoms with E-state index in [0.29, 0.717) is 22.1 Å². The highest BCUT2D eigenvalue weighted by Crippen LogP contribution is 2.26. The van der Waals surface area contributed by atoms with Gasteiger partial charge in [0.1, 0.15) is 5.82 Å². The third-order valence-corrected chi connectivity index (χ3v) is 2.97. The van der Waals surface area contributed by atoms with Gasteiger partial charge >= 0.3 is 0 Å². The molecule has 3 rings (SSSR count). The molecule has 0 unspecified atom stereocenters. The van der Waals surface area contributed by atoms with Gasteiger partial charge in [-0.1, -0.05) is 28.9 Å². The molecule has 0 radical (unpaired) electrons. The quantitative estimate of drug-likeness (QED) is 0.729. The molecule has 0 spiro atoms. The van der Waals surface area contributed by atoms with Crippen molar-refractivity contribution in [3.05, 3.63) is 53.3 Å². The molecule has 0 fully saturated rings. The van der Waals surface area contributed by atoms with Crippen LogP contribution in [-0.2, 0) is 0 Å². The van der Waals surface area contributed by atoms with Gasteiger partial charge in [-0.25, -0.2) is 4.39 Å². The van der Waals surface area contributed by atoms with Crippen molar-refractivity contribution in [2.75, 3.05) is 5.73 Å². The third-order valence-electron chi connectivity index (χ3n) is 2.73. The first-order valence-electron chi connectivity index (χ1n) is 5.78. The van der Waals surface area contributed by atoms with Gasteiger partial charge in [-0.15, -0.1) is 0 Å². The zero-order valence-electron chi connectivity index (χ0n) is 10.2. The smallest absolute Gasteiger partial charge is 0.261 e. The second kappa shape index (κ2) is 4.94. The number of nitrogen functional groups attached to an aromatic ring is 1. The molecule has 1 aromatic heterocycles. The Morgan fingerprint density at radius 1 is 1.15 bits per heavy atom. The predicted molar refractivity (Wildman–Crippen MR) is 74.6 cm³/mol. The van der Waals surface area contributed by atoms with Crippen LogP contribution in [0.5, 0.6) is 0 Å². The molecule has 0 bridgehead atoms. The van der Waals surface area contributed by atoms with Crippen LogP contribution in [0.2, 0.25) is 5.02 Å². The minimum Gasteiger partial charge on any atom is -0.399 e. The van der Waals surface area contributed by atoms with Crippen LogP contribution in [0.25, 0.3) is 22.8 Å². The van der Waals surface area contributed by atoms with E-state index in [1.807, 2.05) is 0 Å². The lowest BCUT2D eigenvalue weighted by Crippen LogP contribution is -1.89. The molecule has 6 heteroatoms. The second-order valence-electron chi connectivity index (χ2n) is 4.17. The fraction of sp³-hybridized carbons (Fsp3) is 0. The highest BCUT2D eigenvalue weighted by atomic mass is 35.5. The molecule has 2 aromatic carbocycles. The molecule has 0 aliphatic carbocycles. The summed E-state index contributed by atoms with van der Waals surface area (Å²) in [4.78, 5) is 4.17. The van der Waals surface area contributed by atoms with E-state index in [9.17, 15) is 4.39 Å². The van der Waals surface area contributed by atoms with E-state index in [1.165, 1.54) is 12.1 Å². The standard InChI is InChI=1S/C14H9ClFN3O/c15-9-3-1-2-8(6-9)13-18-14(20-19-13)11-5-4-10(17)7-12(11)16/h1-7H,17H2. The number of nitrogens with two attached hydrogens (primary N) is 1. The molecule has 0 saturated heterocycles. The fourth-order valence-electron chi connectivity index (χ4n) is 1.78. The Morgan fingerprint density at radius 2 is 2.00 bits per heavy atom. The van der Waals surface area contributed by atoms with E-state index in [0.717, 1.165) is 0 Å². The van der Waals surface area contributed by atoms with Gasteiger partial charge in [0.15, 0.2) is 0 Å². The molecule has 0 aliphatic rings. The van der Waals surface area contributed by atoms with Crippen LogP contribution < -0.4 is 5.73 Å². The minimum absolute atomic E-state index is 0.0949. The maximum absolute atomic E-state index is 13.8. The number of nitrogens with zero attached hydrogens (tertiary/aromatic N) is 2. The molecule has 0 aliphatic heterocycles. The maximum atomic E-state index is 13.8. The topological polar surface area (TPSA) is 64.9 Å². The second-order valence-corrected chi connectivity index (χ2v) is 4.61. The van der Waals surface area contributed by atoms with Crippen LogP contribution in [0, 0.1) is 5.82 Å². The van der Waals surface area contributed by atoms with Crippen LogP contribution in [-0.4, -0.2) is 10.1 Å². The van der Waals surface area contributed by atoms with Crippen LogP contribution in [0.4, 0.5) is 10.1 Å². The summed E-state index contributed by atoms with van der Waals surface area (Å²) in [5, 5.41) is 4.39. The van der Waals surface area contributed by atoms with Crippen molar-refractivity contribution >= 4 is 17.3 Å². The van der Waals surface area contributed by atoms with Crippen molar-refractivity contribution < 1.29 is 8.91 Å².